The minimum absolute atomic E-state index is 0.158. The van der Waals surface area contributed by atoms with Crippen LogP contribution in [0.4, 0.5) is 22.7 Å². The van der Waals surface area contributed by atoms with E-state index in [0.29, 0.717) is 96.1 Å². The van der Waals surface area contributed by atoms with Crippen molar-refractivity contribution in [2.75, 3.05) is 73.2 Å². The van der Waals surface area contributed by atoms with Crippen molar-refractivity contribution in [3.8, 4) is 35.2 Å². The highest BCUT2D eigenvalue weighted by Crippen LogP contribution is 2.38. The zero-order valence-electron chi connectivity index (χ0n) is 50.3. The van der Waals surface area contributed by atoms with Crippen LogP contribution in [-0.2, 0) is 29.6 Å². The van der Waals surface area contributed by atoms with E-state index in [1.165, 1.54) is 12.4 Å². The first-order valence-corrected chi connectivity index (χ1v) is 28.2. The third-order valence-corrected chi connectivity index (χ3v) is 14.9. The number of carbonyl (C=O) groups excluding carboxylic acids is 2. The van der Waals surface area contributed by atoms with Crippen LogP contribution in [0.25, 0.3) is 11.3 Å². The number of hydrogen-bond acceptors (Lipinski definition) is 20. The van der Waals surface area contributed by atoms with Gasteiger partial charge in [-0.15, -0.1) is 20.4 Å². The van der Waals surface area contributed by atoms with Gasteiger partial charge in [-0.25, -0.2) is 0 Å². The Morgan fingerprint density at radius 2 is 1.15 bits per heavy atom. The van der Waals surface area contributed by atoms with Gasteiger partial charge in [-0.2, -0.15) is 10.5 Å². The zero-order valence-corrected chi connectivity index (χ0v) is 51.1. The molecule has 9 heterocycles. The average Bonchev–Trinajstić information content (AvgIpc) is 3.67. The molecule has 3 saturated heterocycles. The number of carbonyl (C=O) groups is 2. The molecule has 2 amide bonds. The lowest BCUT2D eigenvalue weighted by molar-refractivity contribution is 0.00578. The summed E-state index contributed by atoms with van der Waals surface area (Å²) >= 11 is 5.90. The van der Waals surface area contributed by atoms with E-state index in [2.05, 4.69) is 86.7 Å². The van der Waals surface area contributed by atoms with Gasteiger partial charge in [0.1, 0.15) is 11.4 Å². The maximum Gasteiger partial charge on any atom is 0.496 e. The number of ether oxygens (including phenoxy) is 4. The van der Waals surface area contributed by atoms with E-state index in [1.807, 2.05) is 73.6 Å². The molecule has 3 aliphatic rings. The van der Waals surface area contributed by atoms with Crippen LogP contribution in [0, 0.1) is 36.5 Å². The predicted molar refractivity (Wildman–Crippen MR) is 321 cm³/mol. The number of morpholine rings is 2. The molecular formula is C60H74BClN14O8. The Labute approximate surface area is 497 Å². The van der Waals surface area contributed by atoms with Gasteiger partial charge in [0.25, 0.3) is 23.6 Å². The van der Waals surface area contributed by atoms with E-state index < -0.39 is 29.2 Å². The number of pyridine rings is 4. The number of hydrogen-bond donors (Lipinski definition) is 2. The number of aromatic nitrogens is 8. The largest absolute Gasteiger partial charge is 0.496 e. The molecule has 3 aliphatic heterocycles. The third kappa shape index (κ3) is 15.2. The quantitative estimate of drug-likeness (QED) is 0.0964. The van der Waals surface area contributed by atoms with Crippen molar-refractivity contribution in [1.29, 1.82) is 10.5 Å². The van der Waals surface area contributed by atoms with E-state index >= 15 is 0 Å². The van der Waals surface area contributed by atoms with Gasteiger partial charge in [0.05, 0.1) is 115 Å². The number of halogens is 1. The molecule has 0 bridgehead atoms. The summed E-state index contributed by atoms with van der Waals surface area (Å²) in [6, 6.07) is 18.7. The summed E-state index contributed by atoms with van der Waals surface area (Å²) in [6.45, 7) is 32.0. The number of rotatable bonds is 14. The van der Waals surface area contributed by atoms with Gasteiger partial charge >= 0.3 is 7.12 Å². The molecule has 2 N–H and O–H groups in total. The lowest BCUT2D eigenvalue weighted by Crippen LogP contribution is -2.44. The molecule has 6 aromatic rings. The minimum atomic E-state index is -0.809. The second kappa shape index (κ2) is 27.2. The summed E-state index contributed by atoms with van der Waals surface area (Å²) in [7, 11) is -0.566. The second-order valence-corrected chi connectivity index (χ2v) is 22.9. The van der Waals surface area contributed by atoms with Gasteiger partial charge in [0.15, 0.2) is 5.15 Å². The number of aryl methyl sites for hydroxylation is 2. The first kappa shape index (κ1) is 63.7. The Morgan fingerprint density at radius 1 is 0.690 bits per heavy atom. The normalized spacial score (nSPS) is 17.3. The van der Waals surface area contributed by atoms with Crippen molar-refractivity contribution in [2.45, 2.75) is 131 Å². The van der Waals surface area contributed by atoms with Crippen LogP contribution >= 0.6 is 11.6 Å². The number of nitrogens with one attached hydrogen (secondary N) is 2. The third-order valence-electron chi connectivity index (χ3n) is 14.8. The van der Waals surface area contributed by atoms with Crippen LogP contribution < -0.4 is 35.4 Å². The second-order valence-electron chi connectivity index (χ2n) is 22.5. The Hall–Kier alpha value is -7.93. The minimum Gasteiger partial charge on any atom is -0.475 e. The molecule has 2 atom stereocenters. The van der Waals surface area contributed by atoms with E-state index in [-0.39, 0.29) is 23.9 Å². The lowest BCUT2D eigenvalue weighted by Gasteiger charge is -2.35. The van der Waals surface area contributed by atoms with Crippen LogP contribution in [0.1, 0.15) is 127 Å². The fourth-order valence-corrected chi connectivity index (χ4v) is 9.09. The molecule has 6 aromatic heterocycles. The van der Waals surface area contributed by atoms with Gasteiger partial charge < -0.3 is 48.7 Å². The molecule has 24 heteroatoms. The fourth-order valence-electron chi connectivity index (χ4n) is 8.95. The van der Waals surface area contributed by atoms with Gasteiger partial charge in [-0.05, 0) is 139 Å². The lowest BCUT2D eigenvalue weighted by atomic mass is 9.78. The number of nitrogens with zero attached hydrogens (tertiary/aromatic N) is 12. The van der Waals surface area contributed by atoms with Crippen molar-refractivity contribution in [2.24, 2.45) is 0 Å². The smallest absolute Gasteiger partial charge is 0.475 e. The van der Waals surface area contributed by atoms with Gasteiger partial charge in [-0.3, -0.25) is 29.5 Å². The summed E-state index contributed by atoms with van der Waals surface area (Å²) in [6.07, 6.45) is 6.27. The Morgan fingerprint density at radius 3 is 1.63 bits per heavy atom. The summed E-state index contributed by atoms with van der Waals surface area (Å²) < 4.78 is 34.5. The van der Waals surface area contributed by atoms with E-state index in [0.717, 1.165) is 46.9 Å². The summed E-state index contributed by atoms with van der Waals surface area (Å²) in [5, 5.41) is 41.5. The Bertz CT molecular complexity index is 3390. The van der Waals surface area contributed by atoms with Crippen molar-refractivity contribution >= 4 is 58.7 Å². The molecule has 0 aromatic carbocycles. The van der Waals surface area contributed by atoms with E-state index in [9.17, 15) is 20.1 Å². The molecule has 0 aliphatic carbocycles. The van der Waals surface area contributed by atoms with Crippen molar-refractivity contribution in [1.82, 2.24) is 40.3 Å². The van der Waals surface area contributed by atoms with Crippen molar-refractivity contribution < 1.29 is 37.8 Å². The molecule has 22 nitrogen and oxygen atoms in total. The SMILES string of the molecule is CCOc1nnc(-c2cc(NC(=O)c3ccnc(C(C)(C)C#N)c3)cnc2C)cc1N1CCOC[C@H]1C.CCOc1nnc(Cl)cc1N1CCOC[C@H]1C.Cc1ncc(NC(=O)c2ccnc(C(C)(C)C#N)c2)cc1B1OC(C)(C)C(C)(C)O1. The maximum atomic E-state index is 13.0. The van der Waals surface area contributed by atoms with Gasteiger partial charge in [0.2, 0.25) is 0 Å². The van der Waals surface area contributed by atoms with Crippen molar-refractivity contribution in [3.05, 3.63) is 112 Å². The topological polar surface area (TPSA) is 271 Å². The molecule has 442 valence electrons. The Balaban J connectivity index is 0.000000193. The van der Waals surface area contributed by atoms with Gasteiger partial charge in [0, 0.05) is 77.2 Å². The molecule has 0 unspecified atom stereocenters. The van der Waals surface area contributed by atoms with Crippen LogP contribution in [0.5, 0.6) is 11.8 Å². The van der Waals surface area contributed by atoms with E-state index in [1.54, 1.807) is 70.4 Å². The van der Waals surface area contributed by atoms with Crippen LogP contribution in [0.2, 0.25) is 5.15 Å². The molecule has 0 saturated carbocycles. The first-order chi connectivity index (χ1) is 39.8. The molecule has 3 fully saturated rings. The van der Waals surface area contributed by atoms with Crippen molar-refractivity contribution in [3.63, 3.8) is 0 Å². The molecule has 84 heavy (non-hydrogen) atoms. The van der Waals surface area contributed by atoms with Crippen LogP contribution in [0.15, 0.2) is 73.3 Å². The van der Waals surface area contributed by atoms with Crippen LogP contribution in [-0.4, -0.2) is 135 Å². The summed E-state index contributed by atoms with van der Waals surface area (Å²) in [4.78, 5) is 47.6. The van der Waals surface area contributed by atoms with Crippen LogP contribution in [0.3, 0.4) is 0 Å². The Kier molecular flexibility index (Phi) is 20.6. The molecular weight excluding hydrogens is 1090 g/mol. The highest BCUT2D eigenvalue weighted by atomic mass is 35.5. The maximum absolute atomic E-state index is 13.0. The first-order valence-electron chi connectivity index (χ1n) is 27.8. The zero-order chi connectivity index (χ0) is 61.1. The van der Waals surface area contributed by atoms with Gasteiger partial charge in [-0.1, -0.05) is 11.6 Å². The summed E-state index contributed by atoms with van der Waals surface area (Å²) in [5.41, 5.74) is 5.81. The average molecular weight is 1170 g/mol. The molecule has 0 radical (unpaired) electrons. The highest BCUT2D eigenvalue weighted by Gasteiger charge is 2.52. The predicted octanol–water partition coefficient (Wildman–Crippen LogP) is 8.81. The number of amides is 2. The van der Waals surface area contributed by atoms with E-state index in [4.69, 9.17) is 39.9 Å². The molecule has 0 spiro atoms. The molecule has 9 rings (SSSR count). The standard InChI is InChI=1S/C27H31N7O3.C22H27BN4O3.C11H16ClN3O2/c1-6-37-26-23(34-9-10-36-15-17(34)2)13-22(32-33-26)21-12-20(14-30-18(21)3)31-25(35)19-7-8-29-24(11-19)27(4,5)16-28;1-14-17(23-29-21(4,5)22(6,7)30-23)11-16(12-26-14)27-19(28)15-8-9-25-18(10-15)20(2,3)13-24;1-3-17-11-9(6-10(12)13-14-11)15-4-5-16-7-8(15)2/h7-8,11-14,17H,6,9-10,15H2,1-5H3,(H,31,35);8-12H,1-7H3,(H,27,28);6,8H,3-5,7H2,1-2H3/t17-;;8-/m1.1/s1. The monoisotopic (exact) mass is 1160 g/mol. The fraction of sp³-hybridized carbons (Fsp3) is 0.467. The summed E-state index contributed by atoms with van der Waals surface area (Å²) in [5.74, 6) is 0.377. The highest BCUT2D eigenvalue weighted by molar-refractivity contribution is 6.62. The number of anilines is 4. The number of nitriles is 2.